The predicted octanol–water partition coefficient (Wildman–Crippen LogP) is 0.885. The third-order valence-corrected chi connectivity index (χ3v) is 0.671. The van der Waals surface area contributed by atoms with Gasteiger partial charge in [0.2, 0.25) is 0 Å². The fourth-order valence-electron chi connectivity index (χ4n) is 0.156. The summed E-state index contributed by atoms with van der Waals surface area (Å²) >= 11 is 4.38. The Morgan fingerprint density at radius 3 is 2.57 bits per heavy atom. The predicted molar refractivity (Wildman–Crippen MR) is 32.7 cm³/mol. The lowest BCUT2D eigenvalue weighted by Crippen LogP contribution is -1.88. The number of hydrogen-bond donors (Lipinski definition) is 0. The second kappa shape index (κ2) is 3.74. The summed E-state index contributed by atoms with van der Waals surface area (Å²) in [6.45, 7) is 1.72. The topological polar surface area (TPSA) is 21.6 Å². The minimum absolute atomic E-state index is 0.595. The Morgan fingerprint density at radius 1 is 1.86 bits per heavy atom. The van der Waals surface area contributed by atoms with Gasteiger partial charge in [-0.2, -0.15) is 0 Å². The highest BCUT2D eigenvalue weighted by atomic mass is 32.1. The zero-order chi connectivity index (χ0) is 5.70. The van der Waals surface area contributed by atoms with Crippen molar-refractivity contribution < 1.29 is 4.84 Å². The van der Waals surface area contributed by atoms with Crippen LogP contribution in [0.2, 0.25) is 0 Å². The average Bonchev–Trinajstić information content (AvgIpc) is 1.68. The minimum Gasteiger partial charge on any atom is -0.399 e. The van der Waals surface area contributed by atoms with Crippen LogP contribution in [0.4, 0.5) is 0 Å². The van der Waals surface area contributed by atoms with Crippen molar-refractivity contribution >= 4 is 23.3 Å². The summed E-state index contributed by atoms with van der Waals surface area (Å²) in [4.78, 5) is 4.35. The van der Waals surface area contributed by atoms with E-state index in [1.165, 1.54) is 7.11 Å². The number of thiocarbonyl (C=S) groups is 1. The lowest BCUT2D eigenvalue weighted by molar-refractivity contribution is 0.214. The van der Waals surface area contributed by atoms with E-state index in [0.29, 0.717) is 5.71 Å². The molecule has 0 fully saturated rings. The van der Waals surface area contributed by atoms with Gasteiger partial charge in [0.1, 0.15) is 7.11 Å². The molecule has 0 unspecified atom stereocenters. The van der Waals surface area contributed by atoms with Gasteiger partial charge in [-0.3, -0.25) is 0 Å². The molecule has 0 aromatic rings. The highest BCUT2D eigenvalue weighted by Gasteiger charge is 1.77. The zero-order valence-electron chi connectivity index (χ0n) is 4.26. The summed E-state index contributed by atoms with van der Waals surface area (Å²) in [5.41, 5.74) is 0.595. The normalized spacial score (nSPS) is 10.9. The molecule has 0 bridgehead atoms. The molecule has 3 heteroatoms. The first-order chi connectivity index (χ1) is 3.31. The standard InChI is InChI=1S/C4H6NOS/c1-4(3-7)5-6-2/h1-2H3/b5-4+. The summed E-state index contributed by atoms with van der Waals surface area (Å²) < 4.78 is 0. The molecule has 39 valence electrons. The van der Waals surface area contributed by atoms with E-state index in [-0.39, 0.29) is 0 Å². The Hall–Kier alpha value is -0.440. The lowest BCUT2D eigenvalue weighted by atomic mass is 10.5. The Balaban J connectivity index is 3.49. The lowest BCUT2D eigenvalue weighted by Gasteiger charge is -1.83. The number of oxime groups is 1. The van der Waals surface area contributed by atoms with Crippen LogP contribution in [0.1, 0.15) is 6.92 Å². The smallest absolute Gasteiger partial charge is 0.106 e. The van der Waals surface area contributed by atoms with Crippen molar-refractivity contribution in [2.75, 3.05) is 7.11 Å². The van der Waals surface area contributed by atoms with Crippen LogP contribution in [0.15, 0.2) is 5.16 Å². The molecule has 0 N–H and O–H groups in total. The maximum Gasteiger partial charge on any atom is 0.106 e. The van der Waals surface area contributed by atoms with Crippen molar-refractivity contribution in [3.05, 3.63) is 0 Å². The van der Waals surface area contributed by atoms with Crippen molar-refractivity contribution in [3.8, 4) is 0 Å². The summed E-state index contributed by atoms with van der Waals surface area (Å²) in [6.07, 6.45) is 0. The van der Waals surface area contributed by atoms with Crippen molar-refractivity contribution in [2.24, 2.45) is 5.16 Å². The van der Waals surface area contributed by atoms with Crippen LogP contribution in [0.25, 0.3) is 0 Å². The van der Waals surface area contributed by atoms with Crippen LogP contribution in [0, 0.1) is 0 Å². The molecule has 0 heterocycles. The fraction of sp³-hybridized carbons (Fsp3) is 0.500. The van der Waals surface area contributed by atoms with E-state index in [0.717, 1.165) is 0 Å². The van der Waals surface area contributed by atoms with Crippen molar-refractivity contribution in [2.45, 2.75) is 6.92 Å². The van der Waals surface area contributed by atoms with E-state index >= 15 is 0 Å². The maximum absolute atomic E-state index is 4.38. The fourth-order valence-corrected chi connectivity index (χ4v) is 0.193. The Kier molecular flexibility index (Phi) is 3.50. The molecule has 2 nitrogen and oxygen atoms in total. The van der Waals surface area contributed by atoms with E-state index in [1.54, 1.807) is 6.92 Å². The number of rotatable bonds is 2. The van der Waals surface area contributed by atoms with Gasteiger partial charge >= 0.3 is 0 Å². The third kappa shape index (κ3) is 3.39. The van der Waals surface area contributed by atoms with Gasteiger partial charge in [-0.05, 0) is 6.92 Å². The molecule has 0 aliphatic heterocycles. The molecule has 0 aliphatic carbocycles. The Labute approximate surface area is 48.2 Å². The molecule has 0 aliphatic rings. The second-order valence-corrected chi connectivity index (χ2v) is 1.17. The summed E-state index contributed by atoms with van der Waals surface area (Å²) in [5.74, 6) is 0. The summed E-state index contributed by atoms with van der Waals surface area (Å²) in [5, 5.41) is 5.82. The van der Waals surface area contributed by atoms with Gasteiger partial charge in [0.25, 0.3) is 0 Å². The van der Waals surface area contributed by atoms with Crippen molar-refractivity contribution in [1.29, 1.82) is 0 Å². The van der Waals surface area contributed by atoms with Gasteiger partial charge in [0.05, 0.1) is 11.1 Å². The molecule has 1 radical (unpaired) electrons. The van der Waals surface area contributed by atoms with E-state index in [9.17, 15) is 0 Å². The largest absolute Gasteiger partial charge is 0.399 e. The molecule has 0 amide bonds. The number of nitrogens with zero attached hydrogens (tertiary/aromatic N) is 1. The minimum atomic E-state index is 0.595. The molecular weight excluding hydrogens is 110 g/mol. The van der Waals surface area contributed by atoms with Crippen LogP contribution in [0.3, 0.4) is 0 Å². The molecule has 0 atom stereocenters. The number of hydrogen-bond acceptors (Lipinski definition) is 3. The van der Waals surface area contributed by atoms with Gasteiger partial charge in [-0.15, -0.1) is 0 Å². The van der Waals surface area contributed by atoms with Crippen LogP contribution in [-0.4, -0.2) is 18.2 Å². The van der Waals surface area contributed by atoms with Crippen LogP contribution < -0.4 is 0 Å². The quantitative estimate of drug-likeness (QED) is 0.303. The molecular formula is C4H6NOS. The van der Waals surface area contributed by atoms with Gasteiger partial charge in [-0.1, -0.05) is 17.4 Å². The van der Waals surface area contributed by atoms with Crippen molar-refractivity contribution in [3.63, 3.8) is 0 Å². The van der Waals surface area contributed by atoms with Gasteiger partial charge in [0, 0.05) is 0 Å². The van der Waals surface area contributed by atoms with E-state index in [2.05, 4.69) is 27.6 Å². The van der Waals surface area contributed by atoms with Gasteiger partial charge < -0.3 is 4.84 Å². The molecule has 0 rings (SSSR count). The highest BCUT2D eigenvalue weighted by molar-refractivity contribution is 7.80. The Morgan fingerprint density at radius 2 is 2.43 bits per heavy atom. The SMILES string of the molecule is CO/N=C(\C)[C]=S. The van der Waals surface area contributed by atoms with E-state index in [4.69, 9.17) is 0 Å². The molecule has 0 saturated heterocycles. The first kappa shape index (κ1) is 6.56. The zero-order valence-corrected chi connectivity index (χ0v) is 5.08. The van der Waals surface area contributed by atoms with Gasteiger partial charge in [0.15, 0.2) is 0 Å². The van der Waals surface area contributed by atoms with Crippen molar-refractivity contribution in [1.82, 2.24) is 0 Å². The monoisotopic (exact) mass is 116 g/mol. The first-order valence-corrected chi connectivity index (χ1v) is 2.18. The molecule has 0 saturated carbocycles. The second-order valence-electron chi connectivity index (χ2n) is 0.961. The van der Waals surface area contributed by atoms with Gasteiger partial charge in [-0.25, -0.2) is 0 Å². The van der Waals surface area contributed by atoms with E-state index in [1.807, 2.05) is 0 Å². The van der Waals surface area contributed by atoms with E-state index < -0.39 is 0 Å². The molecule has 7 heavy (non-hydrogen) atoms. The average molecular weight is 116 g/mol. The molecule has 0 aromatic heterocycles. The first-order valence-electron chi connectivity index (χ1n) is 1.77. The molecule has 0 aromatic carbocycles. The molecule has 0 spiro atoms. The third-order valence-electron chi connectivity index (χ3n) is 0.376. The highest BCUT2D eigenvalue weighted by Crippen LogP contribution is 1.71. The maximum atomic E-state index is 4.38. The van der Waals surface area contributed by atoms with Crippen LogP contribution in [-0.2, 0) is 4.84 Å². The Bertz CT molecular complexity index is 89.7. The summed E-state index contributed by atoms with van der Waals surface area (Å²) in [6, 6.07) is 0. The van der Waals surface area contributed by atoms with Crippen LogP contribution in [0.5, 0.6) is 0 Å². The van der Waals surface area contributed by atoms with Crippen LogP contribution >= 0.6 is 12.2 Å². The summed E-state index contributed by atoms with van der Waals surface area (Å²) in [7, 11) is 1.47.